The van der Waals surface area contributed by atoms with Crippen molar-refractivity contribution in [1.29, 1.82) is 0 Å². The van der Waals surface area contributed by atoms with Crippen LogP contribution in [0.15, 0.2) is 36.4 Å². The fourth-order valence-electron chi connectivity index (χ4n) is 2.88. The van der Waals surface area contributed by atoms with E-state index < -0.39 is 0 Å². The van der Waals surface area contributed by atoms with E-state index in [4.69, 9.17) is 0 Å². The zero-order valence-corrected chi connectivity index (χ0v) is 13.0. The van der Waals surface area contributed by atoms with Gasteiger partial charge in [0.25, 0.3) is 0 Å². The van der Waals surface area contributed by atoms with E-state index in [2.05, 4.69) is 46.6 Å². The Morgan fingerprint density at radius 1 is 1.29 bits per heavy atom. The lowest BCUT2D eigenvalue weighted by Gasteiger charge is -2.32. The van der Waals surface area contributed by atoms with Gasteiger partial charge in [-0.3, -0.25) is 0 Å². The van der Waals surface area contributed by atoms with E-state index in [0.29, 0.717) is 0 Å². The third-order valence-corrected chi connectivity index (χ3v) is 4.03. The zero-order valence-electron chi connectivity index (χ0n) is 13.0. The molecule has 0 aromatic heterocycles. The van der Waals surface area contributed by atoms with Gasteiger partial charge in [0.2, 0.25) is 0 Å². The second kappa shape index (κ2) is 8.98. The van der Waals surface area contributed by atoms with Gasteiger partial charge in [0.1, 0.15) is 0 Å². The second-order valence-electron chi connectivity index (χ2n) is 6.06. The minimum Gasteiger partial charge on any atom is -0.392 e. The Kier molecular flexibility index (Phi) is 6.93. The Hall–Kier alpha value is -1.16. The molecule has 1 heterocycles. The highest BCUT2D eigenvalue weighted by Crippen LogP contribution is 2.16. The summed E-state index contributed by atoms with van der Waals surface area (Å²) in [6, 6.07) is 10.4. The smallest absolute Gasteiger partial charge is 0.0639 e. The maximum atomic E-state index is 9.40. The van der Waals surface area contributed by atoms with Crippen LogP contribution < -0.4 is 5.32 Å². The summed E-state index contributed by atoms with van der Waals surface area (Å²) in [5.74, 6) is 0.778. The van der Waals surface area contributed by atoms with Crippen LogP contribution in [0.3, 0.4) is 0 Å². The quantitative estimate of drug-likeness (QED) is 0.756. The molecule has 3 nitrogen and oxygen atoms in total. The molecular weight excluding hydrogens is 260 g/mol. The molecule has 1 fully saturated rings. The number of benzene rings is 1. The predicted octanol–water partition coefficient (Wildman–Crippen LogP) is 2.38. The molecule has 2 N–H and O–H groups in total. The number of rotatable bonds is 7. The van der Waals surface area contributed by atoms with Crippen LogP contribution in [0.5, 0.6) is 0 Å². The molecule has 0 amide bonds. The highest BCUT2D eigenvalue weighted by atomic mass is 16.3. The summed E-state index contributed by atoms with van der Waals surface area (Å²) in [6.45, 7) is 6.96. The molecule has 2 rings (SSSR count). The summed E-state index contributed by atoms with van der Waals surface area (Å²) in [5.41, 5.74) is 1.26. The highest BCUT2D eigenvalue weighted by Gasteiger charge is 2.19. The molecular formula is C18H28N2O. The van der Waals surface area contributed by atoms with E-state index in [1.165, 1.54) is 18.4 Å². The van der Waals surface area contributed by atoms with Crippen LogP contribution in [-0.4, -0.2) is 48.8 Å². The van der Waals surface area contributed by atoms with Crippen molar-refractivity contribution in [2.45, 2.75) is 25.9 Å². The predicted molar refractivity (Wildman–Crippen MR) is 89.2 cm³/mol. The minimum atomic E-state index is -0.206. The normalized spacial score (nSPS) is 19.1. The van der Waals surface area contributed by atoms with Crippen LogP contribution in [0.25, 0.3) is 6.08 Å². The van der Waals surface area contributed by atoms with Gasteiger partial charge >= 0.3 is 0 Å². The van der Waals surface area contributed by atoms with E-state index in [1.54, 1.807) is 0 Å². The SMILES string of the molecule is CC(O)CN1CCC(CNCC=Cc2ccccc2)CC1. The monoisotopic (exact) mass is 288 g/mol. The standard InChI is InChI=1S/C18H28N2O/c1-16(21)15-20-12-9-18(10-13-20)14-19-11-5-8-17-6-3-2-4-7-17/h2-8,16,18-19,21H,9-15H2,1H3. The average Bonchev–Trinajstić information content (AvgIpc) is 2.49. The summed E-state index contributed by atoms with van der Waals surface area (Å²) in [5, 5.41) is 12.9. The number of piperidine rings is 1. The second-order valence-corrected chi connectivity index (χ2v) is 6.06. The molecule has 1 atom stereocenters. The first-order chi connectivity index (χ1) is 10.2. The van der Waals surface area contributed by atoms with Crippen molar-refractivity contribution in [2.24, 2.45) is 5.92 Å². The first-order valence-corrected chi connectivity index (χ1v) is 8.07. The summed E-state index contributed by atoms with van der Waals surface area (Å²) in [7, 11) is 0. The Morgan fingerprint density at radius 3 is 2.67 bits per heavy atom. The number of nitrogens with one attached hydrogen (secondary N) is 1. The van der Waals surface area contributed by atoms with Gasteiger partial charge in [-0.2, -0.15) is 0 Å². The number of aliphatic hydroxyl groups excluding tert-OH is 1. The van der Waals surface area contributed by atoms with Crippen LogP contribution in [0, 0.1) is 5.92 Å². The third-order valence-electron chi connectivity index (χ3n) is 4.03. The van der Waals surface area contributed by atoms with Crippen LogP contribution >= 0.6 is 0 Å². The van der Waals surface area contributed by atoms with E-state index in [0.717, 1.165) is 38.6 Å². The molecule has 1 aliphatic rings. The lowest BCUT2D eigenvalue weighted by molar-refractivity contribution is 0.100. The van der Waals surface area contributed by atoms with Crippen LogP contribution in [-0.2, 0) is 0 Å². The summed E-state index contributed by atoms with van der Waals surface area (Å²) >= 11 is 0. The molecule has 1 aliphatic heterocycles. The number of nitrogens with zero attached hydrogens (tertiary/aromatic N) is 1. The van der Waals surface area contributed by atoms with Crippen molar-refractivity contribution in [3.8, 4) is 0 Å². The van der Waals surface area contributed by atoms with Gasteiger partial charge in [-0.05, 0) is 50.9 Å². The van der Waals surface area contributed by atoms with Gasteiger partial charge in [0, 0.05) is 13.1 Å². The fourth-order valence-corrected chi connectivity index (χ4v) is 2.88. The van der Waals surface area contributed by atoms with Crippen LogP contribution in [0.4, 0.5) is 0 Å². The third kappa shape index (κ3) is 6.42. The van der Waals surface area contributed by atoms with Gasteiger partial charge in [0.05, 0.1) is 6.10 Å². The lowest BCUT2D eigenvalue weighted by atomic mass is 9.96. The largest absolute Gasteiger partial charge is 0.392 e. The molecule has 1 unspecified atom stereocenters. The molecule has 116 valence electrons. The van der Waals surface area contributed by atoms with Gasteiger partial charge in [-0.15, -0.1) is 0 Å². The maximum Gasteiger partial charge on any atom is 0.0639 e. The van der Waals surface area contributed by atoms with Crippen molar-refractivity contribution < 1.29 is 5.11 Å². The van der Waals surface area contributed by atoms with Gasteiger partial charge < -0.3 is 15.3 Å². The zero-order chi connectivity index (χ0) is 14.9. The lowest BCUT2D eigenvalue weighted by Crippen LogP contribution is -2.40. The molecule has 1 aromatic rings. The van der Waals surface area contributed by atoms with Crippen molar-refractivity contribution in [1.82, 2.24) is 10.2 Å². The minimum absolute atomic E-state index is 0.206. The van der Waals surface area contributed by atoms with Crippen LogP contribution in [0.2, 0.25) is 0 Å². The maximum absolute atomic E-state index is 9.40. The Morgan fingerprint density at radius 2 is 2.00 bits per heavy atom. The highest BCUT2D eigenvalue weighted by molar-refractivity contribution is 5.48. The first-order valence-electron chi connectivity index (χ1n) is 8.07. The number of β-amino-alcohol motifs (C(OH)–C–C–N with tert-alkyl or cyclic N) is 1. The Labute approximate surface area is 128 Å². The first kappa shape index (κ1) is 16.2. The molecule has 3 heteroatoms. The van der Waals surface area contributed by atoms with Crippen molar-refractivity contribution in [3.63, 3.8) is 0 Å². The van der Waals surface area contributed by atoms with E-state index in [9.17, 15) is 5.11 Å². The van der Waals surface area contributed by atoms with Gasteiger partial charge in [-0.25, -0.2) is 0 Å². The summed E-state index contributed by atoms with van der Waals surface area (Å²) < 4.78 is 0. The molecule has 1 saturated heterocycles. The number of likely N-dealkylation sites (tertiary alicyclic amines) is 1. The summed E-state index contributed by atoms with van der Waals surface area (Å²) in [6.07, 6.45) is 6.63. The molecule has 1 aromatic carbocycles. The average molecular weight is 288 g/mol. The molecule has 21 heavy (non-hydrogen) atoms. The number of aliphatic hydroxyl groups is 1. The molecule has 0 spiro atoms. The molecule has 0 radical (unpaired) electrons. The van der Waals surface area contributed by atoms with Crippen molar-refractivity contribution in [3.05, 3.63) is 42.0 Å². The molecule has 0 aliphatic carbocycles. The fraction of sp³-hybridized carbons (Fsp3) is 0.556. The van der Waals surface area contributed by atoms with E-state index in [-0.39, 0.29) is 6.10 Å². The number of hydrogen-bond donors (Lipinski definition) is 2. The topological polar surface area (TPSA) is 35.5 Å². The van der Waals surface area contributed by atoms with Crippen LogP contribution in [0.1, 0.15) is 25.3 Å². The Bertz CT molecular complexity index is 408. The summed E-state index contributed by atoms with van der Waals surface area (Å²) in [4.78, 5) is 2.37. The van der Waals surface area contributed by atoms with Gasteiger partial charge in [-0.1, -0.05) is 42.5 Å². The van der Waals surface area contributed by atoms with E-state index in [1.807, 2.05) is 13.0 Å². The number of hydrogen-bond acceptors (Lipinski definition) is 3. The molecule has 0 bridgehead atoms. The van der Waals surface area contributed by atoms with Crippen molar-refractivity contribution >= 4 is 6.08 Å². The van der Waals surface area contributed by atoms with Crippen molar-refractivity contribution in [2.75, 3.05) is 32.7 Å². The Balaban J connectivity index is 1.57. The van der Waals surface area contributed by atoms with Gasteiger partial charge in [0.15, 0.2) is 0 Å². The molecule has 0 saturated carbocycles. The van der Waals surface area contributed by atoms with E-state index >= 15 is 0 Å².